The molecule has 0 aliphatic rings. The fourth-order valence-electron chi connectivity index (χ4n) is 3.14. The summed E-state index contributed by atoms with van der Waals surface area (Å²) >= 11 is 0. The fourth-order valence-corrected chi connectivity index (χ4v) is 3.14. The number of rotatable bonds is 10. The Morgan fingerprint density at radius 3 is 2.19 bits per heavy atom. The van der Waals surface area contributed by atoms with Gasteiger partial charge in [0.05, 0.1) is 12.6 Å². The molecule has 0 aliphatic heterocycles. The van der Waals surface area contributed by atoms with Crippen LogP contribution in [0.1, 0.15) is 25.8 Å². The van der Waals surface area contributed by atoms with E-state index in [0.29, 0.717) is 30.0 Å². The minimum atomic E-state index is -0.177. The van der Waals surface area contributed by atoms with Crippen LogP contribution in [0.25, 0.3) is 0 Å². The zero-order valence-corrected chi connectivity index (χ0v) is 18.4. The molecule has 3 aromatic rings. The molecule has 0 unspecified atom stereocenters. The summed E-state index contributed by atoms with van der Waals surface area (Å²) in [6, 6.07) is 24.5. The molecular formula is C26H29N3O3. The number of carbonyl (C=O) groups excluding carboxylic acids is 2. The van der Waals surface area contributed by atoms with Gasteiger partial charge < -0.3 is 20.7 Å². The molecule has 0 saturated heterocycles. The van der Waals surface area contributed by atoms with Gasteiger partial charge in [-0.05, 0) is 56.2 Å². The van der Waals surface area contributed by atoms with Crippen LogP contribution in [-0.4, -0.2) is 24.5 Å². The lowest BCUT2D eigenvalue weighted by molar-refractivity contribution is -0.116. The van der Waals surface area contributed by atoms with E-state index in [1.54, 1.807) is 6.07 Å². The molecule has 0 atom stereocenters. The van der Waals surface area contributed by atoms with Crippen molar-refractivity contribution in [3.63, 3.8) is 0 Å². The lowest BCUT2D eigenvalue weighted by Gasteiger charge is -2.12. The van der Waals surface area contributed by atoms with Crippen LogP contribution < -0.4 is 20.7 Å². The van der Waals surface area contributed by atoms with Gasteiger partial charge in [-0.3, -0.25) is 9.59 Å². The molecule has 6 heteroatoms. The van der Waals surface area contributed by atoms with Gasteiger partial charge in [-0.1, -0.05) is 42.5 Å². The van der Waals surface area contributed by atoms with Crippen LogP contribution in [0.2, 0.25) is 0 Å². The van der Waals surface area contributed by atoms with Gasteiger partial charge in [0.25, 0.3) is 0 Å². The van der Waals surface area contributed by atoms with Gasteiger partial charge >= 0.3 is 0 Å². The molecule has 2 amide bonds. The molecule has 6 nitrogen and oxygen atoms in total. The number of amides is 2. The first-order valence-corrected chi connectivity index (χ1v) is 10.7. The van der Waals surface area contributed by atoms with E-state index in [2.05, 4.69) is 16.0 Å². The first-order chi connectivity index (χ1) is 15.5. The van der Waals surface area contributed by atoms with Crippen molar-refractivity contribution in [2.45, 2.75) is 32.8 Å². The zero-order chi connectivity index (χ0) is 22.8. The molecule has 3 rings (SSSR count). The Balaban J connectivity index is 1.47. The minimum absolute atomic E-state index is 0.0488. The Morgan fingerprint density at radius 1 is 0.781 bits per heavy atom. The maximum absolute atomic E-state index is 12.3. The minimum Gasteiger partial charge on any atom is -0.491 e. The number of ether oxygens (including phenoxy) is 1. The highest BCUT2D eigenvalue weighted by Gasteiger charge is 2.07. The van der Waals surface area contributed by atoms with Crippen LogP contribution in [0.5, 0.6) is 5.75 Å². The first-order valence-electron chi connectivity index (χ1n) is 10.7. The lowest BCUT2D eigenvalue weighted by atomic mass is 10.1. The van der Waals surface area contributed by atoms with Gasteiger partial charge in [0.2, 0.25) is 11.8 Å². The van der Waals surface area contributed by atoms with Gasteiger partial charge in [-0.2, -0.15) is 0 Å². The summed E-state index contributed by atoms with van der Waals surface area (Å²) in [7, 11) is 0. The van der Waals surface area contributed by atoms with Crippen molar-refractivity contribution in [3.05, 3.63) is 84.4 Å². The Labute approximate surface area is 189 Å². The van der Waals surface area contributed by atoms with E-state index in [-0.39, 0.29) is 24.5 Å². The average molecular weight is 432 g/mol. The van der Waals surface area contributed by atoms with E-state index in [1.165, 1.54) is 0 Å². The van der Waals surface area contributed by atoms with Gasteiger partial charge in [0.1, 0.15) is 5.75 Å². The van der Waals surface area contributed by atoms with Gasteiger partial charge in [-0.25, -0.2) is 0 Å². The van der Waals surface area contributed by atoms with Crippen LogP contribution in [0.3, 0.4) is 0 Å². The first kappa shape index (κ1) is 22.9. The monoisotopic (exact) mass is 431 g/mol. The van der Waals surface area contributed by atoms with Crippen molar-refractivity contribution in [2.75, 3.05) is 22.5 Å². The average Bonchev–Trinajstić information content (AvgIpc) is 2.77. The quantitative estimate of drug-likeness (QED) is 0.417. The topological polar surface area (TPSA) is 79.5 Å². The standard InChI is InChI=1S/C26H29N3O3/c1-19(2)32-24-13-7-12-23(17-24)29-26(31)18-27-21-10-6-11-22(16-21)28-25(30)15-14-20-8-4-3-5-9-20/h3-13,16-17,19,27H,14-15,18H2,1-2H3,(H,28,30)(H,29,31). The Kier molecular flexibility index (Phi) is 8.26. The molecule has 166 valence electrons. The Hall–Kier alpha value is -3.80. The molecule has 0 fully saturated rings. The van der Waals surface area contributed by atoms with E-state index >= 15 is 0 Å². The SMILES string of the molecule is CC(C)Oc1cccc(NC(=O)CNc2cccc(NC(=O)CCc3ccccc3)c2)c1. The van der Waals surface area contributed by atoms with Gasteiger partial charge in [0, 0.05) is 29.5 Å². The second-order valence-corrected chi connectivity index (χ2v) is 7.71. The van der Waals surface area contributed by atoms with Crippen LogP contribution >= 0.6 is 0 Å². The molecule has 0 saturated carbocycles. The van der Waals surface area contributed by atoms with Crippen molar-refractivity contribution >= 4 is 28.9 Å². The smallest absolute Gasteiger partial charge is 0.243 e. The third-order valence-corrected chi connectivity index (χ3v) is 4.57. The summed E-state index contributed by atoms with van der Waals surface area (Å²) in [5, 5.41) is 8.85. The number of hydrogen-bond donors (Lipinski definition) is 3. The van der Waals surface area contributed by atoms with Crippen LogP contribution in [0.4, 0.5) is 17.1 Å². The van der Waals surface area contributed by atoms with E-state index < -0.39 is 0 Å². The maximum Gasteiger partial charge on any atom is 0.243 e. The van der Waals surface area contributed by atoms with Gasteiger partial charge in [-0.15, -0.1) is 0 Å². The van der Waals surface area contributed by atoms with Crippen molar-refractivity contribution in [1.29, 1.82) is 0 Å². The highest BCUT2D eigenvalue weighted by molar-refractivity contribution is 5.94. The fraction of sp³-hybridized carbons (Fsp3) is 0.231. The molecule has 3 N–H and O–H groups in total. The summed E-state index contributed by atoms with van der Waals surface area (Å²) in [4.78, 5) is 24.6. The number of carbonyl (C=O) groups is 2. The zero-order valence-electron chi connectivity index (χ0n) is 18.4. The van der Waals surface area contributed by atoms with Crippen LogP contribution in [-0.2, 0) is 16.0 Å². The summed E-state index contributed by atoms with van der Waals surface area (Å²) in [5.74, 6) is 0.484. The molecular weight excluding hydrogens is 402 g/mol. The number of hydrogen-bond acceptors (Lipinski definition) is 4. The third kappa shape index (κ3) is 7.80. The lowest BCUT2D eigenvalue weighted by Crippen LogP contribution is -2.22. The Bertz CT molecular complexity index is 1040. The van der Waals surface area contributed by atoms with E-state index in [1.807, 2.05) is 86.6 Å². The van der Waals surface area contributed by atoms with Crippen molar-refractivity contribution < 1.29 is 14.3 Å². The van der Waals surface area contributed by atoms with Crippen molar-refractivity contribution in [1.82, 2.24) is 0 Å². The number of anilines is 3. The van der Waals surface area contributed by atoms with Crippen LogP contribution in [0, 0.1) is 0 Å². The molecule has 3 aromatic carbocycles. The summed E-state index contributed by atoms with van der Waals surface area (Å²) in [6.45, 7) is 4.00. The Morgan fingerprint density at radius 2 is 1.44 bits per heavy atom. The number of aryl methyl sites for hydroxylation is 1. The predicted molar refractivity (Wildman–Crippen MR) is 129 cm³/mol. The van der Waals surface area contributed by atoms with E-state index in [9.17, 15) is 9.59 Å². The summed E-state index contributed by atoms with van der Waals surface area (Å²) < 4.78 is 5.65. The maximum atomic E-state index is 12.3. The van der Waals surface area contributed by atoms with E-state index in [4.69, 9.17) is 4.74 Å². The highest BCUT2D eigenvalue weighted by Crippen LogP contribution is 2.19. The third-order valence-electron chi connectivity index (χ3n) is 4.57. The molecule has 0 bridgehead atoms. The number of nitrogens with one attached hydrogen (secondary N) is 3. The highest BCUT2D eigenvalue weighted by atomic mass is 16.5. The van der Waals surface area contributed by atoms with Crippen molar-refractivity contribution in [2.24, 2.45) is 0 Å². The molecule has 0 aliphatic carbocycles. The molecule has 0 heterocycles. The van der Waals surface area contributed by atoms with Crippen LogP contribution in [0.15, 0.2) is 78.9 Å². The number of benzene rings is 3. The predicted octanol–water partition coefficient (Wildman–Crippen LogP) is 5.10. The largest absolute Gasteiger partial charge is 0.491 e. The molecule has 0 aromatic heterocycles. The summed E-state index contributed by atoms with van der Waals surface area (Å²) in [5.41, 5.74) is 3.24. The second kappa shape index (κ2) is 11.6. The molecule has 0 radical (unpaired) electrons. The summed E-state index contributed by atoms with van der Waals surface area (Å²) in [6.07, 6.45) is 1.16. The second-order valence-electron chi connectivity index (χ2n) is 7.71. The van der Waals surface area contributed by atoms with Crippen molar-refractivity contribution in [3.8, 4) is 5.75 Å². The molecule has 32 heavy (non-hydrogen) atoms. The van der Waals surface area contributed by atoms with E-state index in [0.717, 1.165) is 11.3 Å². The normalized spacial score (nSPS) is 10.5. The molecule has 0 spiro atoms. The van der Waals surface area contributed by atoms with Gasteiger partial charge in [0.15, 0.2) is 0 Å².